The van der Waals surface area contributed by atoms with Crippen molar-refractivity contribution in [1.29, 1.82) is 0 Å². The average molecular weight is 307 g/mol. The number of halogens is 3. The van der Waals surface area contributed by atoms with Crippen LogP contribution in [0, 0.1) is 11.8 Å². The Balaban J connectivity index is 1.66. The van der Waals surface area contributed by atoms with Crippen molar-refractivity contribution < 1.29 is 18.0 Å². The SMILES string of the molecule is CC1CCN(C(=O)NCC2CCN(CC(F)(F)F)C2)CC1. The minimum atomic E-state index is -4.14. The maximum absolute atomic E-state index is 12.3. The average Bonchev–Trinajstić information content (AvgIpc) is 2.82. The summed E-state index contributed by atoms with van der Waals surface area (Å²) >= 11 is 0. The van der Waals surface area contributed by atoms with Gasteiger partial charge < -0.3 is 10.2 Å². The van der Waals surface area contributed by atoms with Gasteiger partial charge in [0.2, 0.25) is 0 Å². The maximum atomic E-state index is 12.3. The molecule has 1 N–H and O–H groups in total. The van der Waals surface area contributed by atoms with E-state index in [2.05, 4.69) is 12.2 Å². The lowest BCUT2D eigenvalue weighted by atomic mass is 10.00. The highest BCUT2D eigenvalue weighted by Crippen LogP contribution is 2.22. The van der Waals surface area contributed by atoms with E-state index in [9.17, 15) is 18.0 Å². The lowest BCUT2D eigenvalue weighted by molar-refractivity contribution is -0.143. The summed E-state index contributed by atoms with van der Waals surface area (Å²) in [6, 6.07) is -0.0730. The zero-order chi connectivity index (χ0) is 15.5. The van der Waals surface area contributed by atoms with Crippen molar-refractivity contribution in [1.82, 2.24) is 15.1 Å². The van der Waals surface area contributed by atoms with Crippen LogP contribution in [0.5, 0.6) is 0 Å². The van der Waals surface area contributed by atoms with E-state index < -0.39 is 12.7 Å². The number of piperidine rings is 1. The van der Waals surface area contributed by atoms with E-state index in [1.54, 1.807) is 0 Å². The summed E-state index contributed by atoms with van der Waals surface area (Å²) in [7, 11) is 0. The topological polar surface area (TPSA) is 35.6 Å². The van der Waals surface area contributed by atoms with E-state index in [0.29, 0.717) is 32.0 Å². The third kappa shape index (κ3) is 5.37. The summed E-state index contributed by atoms with van der Waals surface area (Å²) in [5, 5.41) is 2.87. The van der Waals surface area contributed by atoms with Crippen molar-refractivity contribution in [3.05, 3.63) is 0 Å². The van der Waals surface area contributed by atoms with Crippen molar-refractivity contribution in [3.8, 4) is 0 Å². The van der Waals surface area contributed by atoms with Crippen molar-refractivity contribution >= 4 is 6.03 Å². The summed E-state index contributed by atoms with van der Waals surface area (Å²) in [6.45, 7) is 4.23. The van der Waals surface area contributed by atoms with Gasteiger partial charge in [-0.25, -0.2) is 4.79 Å². The van der Waals surface area contributed by atoms with Gasteiger partial charge in [-0.15, -0.1) is 0 Å². The van der Waals surface area contributed by atoms with Gasteiger partial charge >= 0.3 is 12.2 Å². The molecule has 0 aliphatic carbocycles. The Morgan fingerprint density at radius 1 is 1.19 bits per heavy atom. The van der Waals surface area contributed by atoms with Gasteiger partial charge in [0.1, 0.15) is 0 Å². The minimum absolute atomic E-state index is 0.0730. The molecule has 2 amide bonds. The second-order valence-corrected chi connectivity index (χ2v) is 6.36. The standard InChI is InChI=1S/C14H24F3N3O/c1-11-2-6-20(7-3-11)13(21)18-8-12-4-5-19(9-12)10-14(15,16)17/h11-12H,2-10H2,1H3,(H,18,21). The molecule has 122 valence electrons. The fourth-order valence-corrected chi connectivity index (χ4v) is 3.03. The van der Waals surface area contributed by atoms with Crippen LogP contribution in [0.1, 0.15) is 26.2 Å². The number of amides is 2. The van der Waals surface area contributed by atoms with Crippen molar-refractivity contribution in [2.45, 2.75) is 32.4 Å². The fourth-order valence-electron chi connectivity index (χ4n) is 3.03. The highest BCUT2D eigenvalue weighted by molar-refractivity contribution is 5.74. The van der Waals surface area contributed by atoms with E-state index in [-0.39, 0.29) is 11.9 Å². The summed E-state index contributed by atoms with van der Waals surface area (Å²) in [5.74, 6) is 0.792. The van der Waals surface area contributed by atoms with Gasteiger partial charge in [0.25, 0.3) is 0 Å². The Bertz CT molecular complexity index is 354. The number of hydrogen-bond acceptors (Lipinski definition) is 2. The normalized spacial score (nSPS) is 25.3. The van der Waals surface area contributed by atoms with E-state index in [4.69, 9.17) is 0 Å². The molecular formula is C14H24F3N3O. The number of nitrogens with zero attached hydrogens (tertiary/aromatic N) is 2. The summed E-state index contributed by atoms with van der Waals surface area (Å²) in [6.07, 6.45) is -1.37. The van der Waals surface area contributed by atoms with Crippen LogP contribution in [-0.4, -0.2) is 61.3 Å². The molecule has 2 saturated heterocycles. The molecule has 2 heterocycles. The molecule has 2 aliphatic heterocycles. The van der Waals surface area contributed by atoms with Crippen molar-refractivity contribution in [2.24, 2.45) is 11.8 Å². The number of urea groups is 1. The number of rotatable bonds is 3. The number of nitrogens with one attached hydrogen (secondary N) is 1. The second-order valence-electron chi connectivity index (χ2n) is 6.36. The molecule has 0 aromatic heterocycles. The maximum Gasteiger partial charge on any atom is 0.401 e. The molecule has 4 nitrogen and oxygen atoms in total. The first-order valence-corrected chi connectivity index (χ1v) is 7.65. The fraction of sp³-hybridized carbons (Fsp3) is 0.929. The van der Waals surface area contributed by atoms with Crippen LogP contribution in [0.15, 0.2) is 0 Å². The Morgan fingerprint density at radius 2 is 1.86 bits per heavy atom. The third-order valence-electron chi connectivity index (χ3n) is 4.39. The van der Waals surface area contributed by atoms with Crippen molar-refractivity contribution in [3.63, 3.8) is 0 Å². The van der Waals surface area contributed by atoms with Crippen LogP contribution < -0.4 is 5.32 Å². The van der Waals surface area contributed by atoms with E-state index >= 15 is 0 Å². The third-order valence-corrected chi connectivity index (χ3v) is 4.39. The van der Waals surface area contributed by atoms with Gasteiger partial charge in [-0.2, -0.15) is 13.2 Å². The Hall–Kier alpha value is -0.980. The number of carbonyl (C=O) groups is 1. The molecule has 2 aliphatic rings. The van der Waals surface area contributed by atoms with Gasteiger partial charge in [-0.1, -0.05) is 6.92 Å². The summed E-state index contributed by atoms with van der Waals surface area (Å²) < 4.78 is 36.9. The molecular weight excluding hydrogens is 283 g/mol. The molecule has 0 spiro atoms. The summed E-state index contributed by atoms with van der Waals surface area (Å²) in [5.41, 5.74) is 0. The quantitative estimate of drug-likeness (QED) is 0.868. The Morgan fingerprint density at radius 3 is 2.48 bits per heavy atom. The minimum Gasteiger partial charge on any atom is -0.338 e. The van der Waals surface area contributed by atoms with Crippen LogP contribution in [-0.2, 0) is 0 Å². The van der Waals surface area contributed by atoms with Crippen LogP contribution in [0.4, 0.5) is 18.0 Å². The zero-order valence-electron chi connectivity index (χ0n) is 12.5. The number of alkyl halides is 3. The van der Waals surface area contributed by atoms with Gasteiger partial charge in [-0.3, -0.25) is 4.90 Å². The van der Waals surface area contributed by atoms with Gasteiger partial charge in [0.05, 0.1) is 6.54 Å². The van der Waals surface area contributed by atoms with Gasteiger partial charge in [0.15, 0.2) is 0 Å². The van der Waals surface area contributed by atoms with Crippen LogP contribution >= 0.6 is 0 Å². The monoisotopic (exact) mass is 307 g/mol. The predicted molar refractivity (Wildman–Crippen MR) is 74.0 cm³/mol. The largest absolute Gasteiger partial charge is 0.401 e. The molecule has 1 unspecified atom stereocenters. The molecule has 1 atom stereocenters. The first-order chi connectivity index (χ1) is 9.83. The lowest BCUT2D eigenvalue weighted by Crippen LogP contribution is -2.45. The van der Waals surface area contributed by atoms with Crippen LogP contribution in [0.25, 0.3) is 0 Å². The molecule has 0 radical (unpaired) electrons. The lowest BCUT2D eigenvalue weighted by Gasteiger charge is -2.30. The van der Waals surface area contributed by atoms with Gasteiger partial charge in [-0.05, 0) is 37.6 Å². The smallest absolute Gasteiger partial charge is 0.338 e. The number of carbonyl (C=O) groups excluding carboxylic acids is 1. The van der Waals surface area contributed by atoms with Crippen LogP contribution in [0.3, 0.4) is 0 Å². The molecule has 2 rings (SSSR count). The Kier molecular flexibility index (Phi) is 5.35. The van der Waals surface area contributed by atoms with E-state index in [1.165, 1.54) is 4.90 Å². The molecule has 21 heavy (non-hydrogen) atoms. The number of likely N-dealkylation sites (tertiary alicyclic amines) is 2. The summed E-state index contributed by atoms with van der Waals surface area (Å²) in [4.78, 5) is 15.2. The van der Waals surface area contributed by atoms with Crippen molar-refractivity contribution in [2.75, 3.05) is 39.3 Å². The molecule has 0 aromatic carbocycles. The predicted octanol–water partition coefficient (Wildman–Crippen LogP) is 2.31. The first kappa shape index (κ1) is 16.4. The molecule has 0 saturated carbocycles. The number of hydrogen-bond donors (Lipinski definition) is 1. The molecule has 2 fully saturated rings. The first-order valence-electron chi connectivity index (χ1n) is 7.65. The van der Waals surface area contributed by atoms with Crippen LogP contribution in [0.2, 0.25) is 0 Å². The molecule has 0 aromatic rings. The highest BCUT2D eigenvalue weighted by atomic mass is 19.4. The molecule has 0 bridgehead atoms. The zero-order valence-corrected chi connectivity index (χ0v) is 12.5. The van der Waals surface area contributed by atoms with E-state index in [0.717, 1.165) is 25.9 Å². The van der Waals surface area contributed by atoms with Gasteiger partial charge in [0, 0.05) is 26.2 Å². The highest BCUT2D eigenvalue weighted by Gasteiger charge is 2.34. The second kappa shape index (κ2) is 6.85. The van der Waals surface area contributed by atoms with E-state index in [1.807, 2.05) is 4.90 Å². The molecule has 7 heteroatoms. The Labute approximate surface area is 123 Å².